The monoisotopic (exact) mass is 225 g/mol. The zero-order valence-electron chi connectivity index (χ0n) is 8.53. The Balaban J connectivity index is 1.55. The summed E-state index contributed by atoms with van der Waals surface area (Å²) in [7, 11) is 0. The first-order valence-corrected chi connectivity index (χ1v) is 6.10. The lowest BCUT2D eigenvalue weighted by Gasteiger charge is -2.03. The van der Waals surface area contributed by atoms with Crippen LogP contribution in [0.2, 0.25) is 0 Å². The minimum atomic E-state index is 0.108. The number of carbonyl (C=O) groups is 1. The van der Waals surface area contributed by atoms with Crippen molar-refractivity contribution in [3.63, 3.8) is 0 Å². The molecule has 1 aliphatic carbocycles. The zero-order chi connectivity index (χ0) is 10.5. The Morgan fingerprint density at radius 3 is 3.13 bits per heavy atom. The lowest BCUT2D eigenvalue weighted by Crippen LogP contribution is -2.27. The second kappa shape index (κ2) is 5.23. The number of carbonyl (C=O) groups excluding carboxylic acids is 1. The first-order valence-electron chi connectivity index (χ1n) is 5.22. The third-order valence-corrected chi connectivity index (χ3v) is 3.09. The van der Waals surface area contributed by atoms with Gasteiger partial charge in [0, 0.05) is 30.1 Å². The molecule has 1 aromatic rings. The van der Waals surface area contributed by atoms with Crippen LogP contribution in [-0.2, 0) is 11.3 Å². The summed E-state index contributed by atoms with van der Waals surface area (Å²) in [5, 5.41) is 6.18. The normalized spacial score (nSPS) is 15.2. The fraction of sp³-hybridized carbons (Fsp3) is 0.600. The van der Waals surface area contributed by atoms with E-state index in [-0.39, 0.29) is 5.91 Å². The van der Waals surface area contributed by atoms with Gasteiger partial charge in [-0.3, -0.25) is 9.78 Å². The first-order chi connectivity index (χ1) is 7.34. The molecule has 0 spiro atoms. The Hall–Kier alpha value is -0.940. The van der Waals surface area contributed by atoms with E-state index in [0.29, 0.717) is 19.0 Å². The van der Waals surface area contributed by atoms with Gasteiger partial charge in [-0.25, -0.2) is 0 Å². The Bertz CT molecular complexity index is 308. The van der Waals surface area contributed by atoms with Crippen molar-refractivity contribution in [2.45, 2.75) is 31.8 Å². The predicted molar refractivity (Wildman–Crippen MR) is 59.6 cm³/mol. The molecule has 82 valence electrons. The van der Waals surface area contributed by atoms with Gasteiger partial charge in [0.2, 0.25) is 5.91 Å². The van der Waals surface area contributed by atoms with E-state index >= 15 is 0 Å². The molecule has 2 rings (SSSR count). The lowest BCUT2D eigenvalue weighted by atomic mass is 10.4. The van der Waals surface area contributed by atoms with Gasteiger partial charge in [-0.1, -0.05) is 0 Å². The predicted octanol–water partition coefficient (Wildman–Crippen LogP) is 0.901. The lowest BCUT2D eigenvalue weighted by molar-refractivity contribution is -0.121. The molecule has 2 N–H and O–H groups in total. The van der Waals surface area contributed by atoms with Gasteiger partial charge in [-0.2, -0.15) is 0 Å². The van der Waals surface area contributed by atoms with Gasteiger partial charge in [-0.05, 0) is 12.8 Å². The number of hydrogen-bond donors (Lipinski definition) is 2. The van der Waals surface area contributed by atoms with Crippen molar-refractivity contribution in [3.8, 4) is 0 Å². The van der Waals surface area contributed by atoms with E-state index in [1.807, 2.05) is 0 Å². The highest BCUT2D eigenvalue weighted by Crippen LogP contribution is 2.18. The molecule has 0 unspecified atom stereocenters. The maximum absolute atomic E-state index is 11.4. The summed E-state index contributed by atoms with van der Waals surface area (Å²) in [5.41, 5.74) is 1.77. The minimum absolute atomic E-state index is 0.108. The molecule has 1 amide bonds. The summed E-state index contributed by atoms with van der Waals surface area (Å²) in [6.45, 7) is 1.39. The van der Waals surface area contributed by atoms with Gasteiger partial charge >= 0.3 is 0 Å². The molecule has 0 aromatic carbocycles. The van der Waals surface area contributed by atoms with Gasteiger partial charge in [-0.15, -0.1) is 11.3 Å². The molecule has 0 atom stereocenters. The fourth-order valence-corrected chi connectivity index (χ4v) is 1.82. The van der Waals surface area contributed by atoms with Crippen LogP contribution in [0.1, 0.15) is 24.1 Å². The van der Waals surface area contributed by atoms with Crippen molar-refractivity contribution >= 4 is 17.2 Å². The molecular weight excluding hydrogens is 210 g/mol. The van der Waals surface area contributed by atoms with E-state index in [1.165, 1.54) is 12.8 Å². The van der Waals surface area contributed by atoms with Crippen LogP contribution in [0.25, 0.3) is 0 Å². The van der Waals surface area contributed by atoms with Crippen LogP contribution in [0.3, 0.4) is 0 Å². The van der Waals surface area contributed by atoms with E-state index in [1.54, 1.807) is 23.0 Å². The molecule has 0 radical (unpaired) electrons. The number of nitrogens with zero attached hydrogens (tertiary/aromatic N) is 1. The van der Waals surface area contributed by atoms with Crippen molar-refractivity contribution in [1.82, 2.24) is 15.6 Å². The molecule has 0 saturated heterocycles. The van der Waals surface area contributed by atoms with Crippen molar-refractivity contribution in [1.29, 1.82) is 0 Å². The third kappa shape index (κ3) is 3.97. The third-order valence-electron chi connectivity index (χ3n) is 2.31. The molecule has 4 nitrogen and oxygen atoms in total. The maximum Gasteiger partial charge on any atom is 0.221 e. The van der Waals surface area contributed by atoms with E-state index in [2.05, 4.69) is 15.6 Å². The topological polar surface area (TPSA) is 54.0 Å². The fourth-order valence-electron chi connectivity index (χ4n) is 1.28. The standard InChI is InChI=1S/C10H15N3OS/c14-10(3-4-12-8-1-2-8)13-6-9-5-11-7-15-9/h5,7-8,12H,1-4,6H2,(H,13,14). The Labute approximate surface area is 93.1 Å². The SMILES string of the molecule is O=C(CCNC1CC1)NCc1cncs1. The number of nitrogens with one attached hydrogen (secondary N) is 2. The van der Waals surface area contributed by atoms with Crippen molar-refractivity contribution in [2.24, 2.45) is 0 Å². The van der Waals surface area contributed by atoms with Gasteiger partial charge in [0.1, 0.15) is 0 Å². The van der Waals surface area contributed by atoms with E-state index in [4.69, 9.17) is 0 Å². The van der Waals surface area contributed by atoms with E-state index in [9.17, 15) is 4.79 Å². The molecule has 1 aliphatic rings. The highest BCUT2D eigenvalue weighted by Gasteiger charge is 2.19. The highest BCUT2D eigenvalue weighted by atomic mass is 32.1. The second-order valence-electron chi connectivity index (χ2n) is 3.72. The van der Waals surface area contributed by atoms with Crippen molar-refractivity contribution in [2.75, 3.05) is 6.54 Å². The summed E-state index contributed by atoms with van der Waals surface area (Å²) >= 11 is 1.56. The average Bonchev–Trinajstić information content (AvgIpc) is 2.91. The summed E-state index contributed by atoms with van der Waals surface area (Å²) in [4.78, 5) is 16.4. The van der Waals surface area contributed by atoms with E-state index < -0.39 is 0 Å². The van der Waals surface area contributed by atoms with Gasteiger partial charge < -0.3 is 10.6 Å². The number of rotatable bonds is 6. The molecule has 5 heteroatoms. The van der Waals surface area contributed by atoms with Crippen molar-refractivity contribution in [3.05, 3.63) is 16.6 Å². The number of hydrogen-bond acceptors (Lipinski definition) is 4. The number of thiazole rings is 1. The van der Waals surface area contributed by atoms with Crippen molar-refractivity contribution < 1.29 is 4.79 Å². The summed E-state index contributed by atoms with van der Waals surface area (Å²) in [6, 6.07) is 0.680. The molecule has 15 heavy (non-hydrogen) atoms. The van der Waals surface area contributed by atoms with E-state index in [0.717, 1.165) is 11.4 Å². The average molecular weight is 225 g/mol. The number of aromatic nitrogens is 1. The van der Waals surface area contributed by atoms with Gasteiger partial charge in [0.15, 0.2) is 0 Å². The first kappa shape index (κ1) is 10.6. The highest BCUT2D eigenvalue weighted by molar-refractivity contribution is 7.09. The van der Waals surface area contributed by atoms with Crippen LogP contribution in [-0.4, -0.2) is 23.5 Å². The smallest absolute Gasteiger partial charge is 0.221 e. The maximum atomic E-state index is 11.4. The quantitative estimate of drug-likeness (QED) is 0.756. The molecule has 1 aromatic heterocycles. The number of amides is 1. The van der Waals surface area contributed by atoms with Crippen LogP contribution in [0, 0.1) is 0 Å². The minimum Gasteiger partial charge on any atom is -0.351 e. The molecule has 1 saturated carbocycles. The molecule has 1 fully saturated rings. The largest absolute Gasteiger partial charge is 0.351 e. The Morgan fingerprint density at radius 2 is 2.47 bits per heavy atom. The van der Waals surface area contributed by atoms with Crippen LogP contribution in [0.15, 0.2) is 11.7 Å². The Morgan fingerprint density at radius 1 is 1.60 bits per heavy atom. The molecular formula is C10H15N3OS. The molecule has 1 heterocycles. The van der Waals surface area contributed by atoms with Crippen LogP contribution >= 0.6 is 11.3 Å². The van der Waals surface area contributed by atoms with Crippen LogP contribution in [0.5, 0.6) is 0 Å². The summed E-state index contributed by atoms with van der Waals surface area (Å²) in [5.74, 6) is 0.108. The summed E-state index contributed by atoms with van der Waals surface area (Å²) < 4.78 is 0. The Kier molecular flexibility index (Phi) is 3.69. The second-order valence-corrected chi connectivity index (χ2v) is 4.69. The molecule has 0 bridgehead atoms. The van der Waals surface area contributed by atoms with Gasteiger partial charge in [0.05, 0.1) is 12.1 Å². The zero-order valence-corrected chi connectivity index (χ0v) is 9.35. The van der Waals surface area contributed by atoms with Gasteiger partial charge in [0.25, 0.3) is 0 Å². The molecule has 0 aliphatic heterocycles. The van der Waals surface area contributed by atoms with Crippen LogP contribution in [0.4, 0.5) is 0 Å². The summed E-state index contributed by atoms with van der Waals surface area (Å²) in [6.07, 6.45) is 4.88. The van der Waals surface area contributed by atoms with Crippen LogP contribution < -0.4 is 10.6 Å².